The predicted molar refractivity (Wildman–Crippen MR) is 66.4 cm³/mol. The van der Waals surface area contributed by atoms with Gasteiger partial charge in [0.25, 0.3) is 0 Å². The quantitative estimate of drug-likeness (QED) is 0.330. The normalized spacial score (nSPS) is 11.9. The van der Waals surface area contributed by atoms with Gasteiger partial charge in [-0.05, 0) is 19.3 Å². The summed E-state index contributed by atoms with van der Waals surface area (Å²) in [5.74, 6) is 0.908. The van der Waals surface area contributed by atoms with Gasteiger partial charge in [-0.1, -0.05) is 6.92 Å². The Labute approximate surface area is 107 Å². The summed E-state index contributed by atoms with van der Waals surface area (Å²) in [6, 6.07) is 0. The number of phosphoric ester groups is 1. The Morgan fingerprint density at radius 1 is 0.938 bits per heavy atom. The first-order valence-electron chi connectivity index (χ1n) is 5.34. The van der Waals surface area contributed by atoms with E-state index in [4.69, 9.17) is 36.8 Å². The van der Waals surface area contributed by atoms with Crippen LogP contribution >= 0.6 is 31.0 Å². The van der Waals surface area contributed by atoms with Crippen molar-refractivity contribution in [3.05, 3.63) is 0 Å². The highest BCUT2D eigenvalue weighted by atomic mass is 35.5. The van der Waals surface area contributed by atoms with Gasteiger partial charge in [0, 0.05) is 11.8 Å². The van der Waals surface area contributed by atoms with E-state index in [-0.39, 0.29) is 13.2 Å². The average molecular weight is 293 g/mol. The molecule has 0 aromatic carbocycles. The van der Waals surface area contributed by atoms with E-state index < -0.39 is 7.82 Å². The van der Waals surface area contributed by atoms with Gasteiger partial charge in [0.2, 0.25) is 0 Å². The smallest absolute Gasteiger partial charge is 0.287 e. The Kier molecular flexibility index (Phi) is 11.3. The molecule has 16 heavy (non-hydrogen) atoms. The summed E-state index contributed by atoms with van der Waals surface area (Å²) in [7, 11) is -3.41. The van der Waals surface area contributed by atoms with Gasteiger partial charge in [-0.3, -0.25) is 13.6 Å². The van der Waals surface area contributed by atoms with Crippen LogP contribution in [0.4, 0.5) is 0 Å². The Bertz CT molecular complexity index is 190. The summed E-state index contributed by atoms with van der Waals surface area (Å²) in [6.07, 6.45) is 1.97. The van der Waals surface area contributed by atoms with E-state index in [2.05, 4.69) is 0 Å². The minimum atomic E-state index is -3.41. The lowest BCUT2D eigenvalue weighted by molar-refractivity contribution is 0.113. The summed E-state index contributed by atoms with van der Waals surface area (Å²) in [6.45, 7) is 2.80. The van der Waals surface area contributed by atoms with Gasteiger partial charge in [-0.15, -0.1) is 23.2 Å². The molecule has 0 fully saturated rings. The van der Waals surface area contributed by atoms with Crippen molar-refractivity contribution < 1.29 is 18.1 Å². The van der Waals surface area contributed by atoms with Crippen molar-refractivity contribution in [3.8, 4) is 0 Å². The van der Waals surface area contributed by atoms with Gasteiger partial charge in [0.15, 0.2) is 0 Å². The monoisotopic (exact) mass is 292 g/mol. The van der Waals surface area contributed by atoms with E-state index in [1.54, 1.807) is 0 Å². The van der Waals surface area contributed by atoms with Crippen molar-refractivity contribution >= 4 is 31.0 Å². The zero-order valence-electron chi connectivity index (χ0n) is 9.49. The number of halogens is 2. The van der Waals surface area contributed by atoms with Crippen LogP contribution in [0.25, 0.3) is 0 Å². The molecule has 0 spiro atoms. The van der Waals surface area contributed by atoms with E-state index in [1.807, 2.05) is 6.92 Å². The molecule has 0 aliphatic heterocycles. The minimum Gasteiger partial charge on any atom is -0.287 e. The second-order valence-corrected chi connectivity index (χ2v) is 5.46. The number of alkyl halides is 2. The van der Waals surface area contributed by atoms with Crippen LogP contribution in [-0.4, -0.2) is 31.6 Å². The Morgan fingerprint density at radius 2 is 1.38 bits per heavy atom. The highest BCUT2D eigenvalue weighted by molar-refractivity contribution is 7.48. The fraction of sp³-hybridized carbons (Fsp3) is 1.00. The molecule has 0 amide bonds. The van der Waals surface area contributed by atoms with Gasteiger partial charge in [-0.25, -0.2) is 4.57 Å². The van der Waals surface area contributed by atoms with Gasteiger partial charge in [0.1, 0.15) is 0 Å². The highest BCUT2D eigenvalue weighted by Crippen LogP contribution is 2.49. The van der Waals surface area contributed by atoms with Crippen molar-refractivity contribution in [2.45, 2.75) is 26.2 Å². The molecule has 0 bridgehead atoms. The molecule has 0 N–H and O–H groups in total. The first kappa shape index (κ1) is 16.7. The first-order valence-corrected chi connectivity index (χ1v) is 7.87. The van der Waals surface area contributed by atoms with Gasteiger partial charge >= 0.3 is 7.82 Å². The molecule has 0 radical (unpaired) electrons. The number of rotatable bonds is 11. The Morgan fingerprint density at radius 3 is 1.75 bits per heavy atom. The van der Waals surface area contributed by atoms with Crippen LogP contribution in [-0.2, 0) is 18.1 Å². The maximum absolute atomic E-state index is 12.0. The molecule has 0 aromatic rings. The van der Waals surface area contributed by atoms with E-state index >= 15 is 0 Å². The third-order valence-electron chi connectivity index (χ3n) is 1.51. The maximum atomic E-state index is 12.0. The molecule has 7 heteroatoms. The minimum absolute atomic E-state index is 0.269. The van der Waals surface area contributed by atoms with E-state index in [9.17, 15) is 4.57 Å². The molecule has 98 valence electrons. The largest absolute Gasteiger partial charge is 0.474 e. The van der Waals surface area contributed by atoms with Crippen LogP contribution < -0.4 is 0 Å². The second-order valence-electron chi connectivity index (χ2n) is 3.03. The van der Waals surface area contributed by atoms with Crippen molar-refractivity contribution in [1.29, 1.82) is 0 Å². The molecule has 4 nitrogen and oxygen atoms in total. The van der Waals surface area contributed by atoms with Crippen molar-refractivity contribution in [1.82, 2.24) is 0 Å². The average Bonchev–Trinajstić information content (AvgIpc) is 2.27. The van der Waals surface area contributed by atoms with E-state index in [1.165, 1.54) is 0 Å². The molecule has 0 aliphatic rings. The lowest BCUT2D eigenvalue weighted by atomic mass is 10.5. The molecule has 0 atom stereocenters. The predicted octanol–water partition coefficient (Wildman–Crippen LogP) is 3.81. The lowest BCUT2D eigenvalue weighted by Gasteiger charge is -2.17. The van der Waals surface area contributed by atoms with Crippen LogP contribution in [0.3, 0.4) is 0 Å². The molecular formula is C9H19Cl2O4P. The molecular weight excluding hydrogens is 274 g/mol. The zero-order chi connectivity index (χ0) is 12.3. The third kappa shape index (κ3) is 8.80. The number of hydrogen-bond acceptors (Lipinski definition) is 4. The standard InChI is InChI=1S/C9H19Cl2O4P/c1-2-7-13-16(12,14-8-3-5-10)15-9-4-6-11/h2-9H2,1H3. The summed E-state index contributed by atoms with van der Waals surface area (Å²) >= 11 is 11.0. The van der Waals surface area contributed by atoms with Crippen LogP contribution in [0.1, 0.15) is 26.2 Å². The molecule has 0 saturated heterocycles. The molecule has 0 rings (SSSR count). The fourth-order valence-corrected chi connectivity index (χ4v) is 2.33. The molecule has 0 unspecified atom stereocenters. The topological polar surface area (TPSA) is 44.8 Å². The second kappa shape index (κ2) is 10.8. The van der Waals surface area contributed by atoms with Crippen LogP contribution in [0.2, 0.25) is 0 Å². The maximum Gasteiger partial charge on any atom is 0.474 e. The summed E-state index contributed by atoms with van der Waals surface area (Å²) in [5, 5.41) is 0. The van der Waals surface area contributed by atoms with Crippen molar-refractivity contribution in [2.75, 3.05) is 31.6 Å². The Hall–Kier alpha value is 0.690. The molecule has 0 saturated carbocycles. The van der Waals surface area contributed by atoms with Crippen molar-refractivity contribution in [2.24, 2.45) is 0 Å². The summed E-state index contributed by atoms with van der Waals surface area (Å²) in [4.78, 5) is 0. The third-order valence-corrected chi connectivity index (χ3v) is 3.54. The van der Waals surface area contributed by atoms with Crippen LogP contribution in [0.15, 0.2) is 0 Å². The Balaban J connectivity index is 3.97. The fourth-order valence-electron chi connectivity index (χ4n) is 0.777. The first-order chi connectivity index (χ1) is 7.68. The summed E-state index contributed by atoms with van der Waals surface area (Å²) < 4.78 is 27.3. The zero-order valence-corrected chi connectivity index (χ0v) is 11.9. The van der Waals surface area contributed by atoms with Gasteiger partial charge in [0.05, 0.1) is 19.8 Å². The number of phosphoric acid groups is 1. The number of hydrogen-bond donors (Lipinski definition) is 0. The molecule has 0 heterocycles. The van der Waals surface area contributed by atoms with Crippen LogP contribution in [0, 0.1) is 0 Å². The SMILES string of the molecule is CCCOP(=O)(OCCCCl)OCCCCl. The van der Waals surface area contributed by atoms with E-state index in [0.29, 0.717) is 31.2 Å². The lowest BCUT2D eigenvalue weighted by Crippen LogP contribution is -2.04. The summed E-state index contributed by atoms with van der Waals surface area (Å²) in [5.41, 5.74) is 0. The molecule has 0 aromatic heterocycles. The van der Waals surface area contributed by atoms with Crippen molar-refractivity contribution in [3.63, 3.8) is 0 Å². The highest BCUT2D eigenvalue weighted by Gasteiger charge is 2.25. The van der Waals surface area contributed by atoms with Gasteiger partial charge in [-0.2, -0.15) is 0 Å². The van der Waals surface area contributed by atoms with E-state index in [0.717, 1.165) is 6.42 Å². The van der Waals surface area contributed by atoms with Gasteiger partial charge < -0.3 is 0 Å². The van der Waals surface area contributed by atoms with Crippen LogP contribution in [0.5, 0.6) is 0 Å². The molecule has 0 aliphatic carbocycles.